The van der Waals surface area contributed by atoms with Crippen LogP contribution >= 0.6 is 0 Å². The third kappa shape index (κ3) is 5.02. The van der Waals surface area contributed by atoms with Crippen LogP contribution in [0.2, 0.25) is 0 Å². The lowest BCUT2D eigenvalue weighted by Gasteiger charge is -2.39. The molecule has 0 unspecified atom stereocenters. The van der Waals surface area contributed by atoms with Crippen molar-refractivity contribution in [3.05, 3.63) is 18.0 Å². The molecule has 1 aromatic rings. The van der Waals surface area contributed by atoms with Gasteiger partial charge in [0.2, 0.25) is 0 Å². The SMILES string of the molecule is C[C@H](NC(=O)OC(C)(C)C)[C@H]1CCCCN1Cc1ccno1. The van der Waals surface area contributed by atoms with E-state index in [1.165, 1.54) is 12.8 Å². The number of carbonyl (C=O) groups is 1. The highest BCUT2D eigenvalue weighted by molar-refractivity contribution is 5.68. The lowest BCUT2D eigenvalue weighted by molar-refractivity contribution is 0.0428. The molecule has 22 heavy (non-hydrogen) atoms. The lowest BCUT2D eigenvalue weighted by atomic mass is 9.96. The Balaban J connectivity index is 1.93. The number of ether oxygens (including phenoxy) is 1. The molecule has 1 aliphatic heterocycles. The second-order valence-electron chi connectivity index (χ2n) is 6.95. The Morgan fingerprint density at radius 2 is 2.32 bits per heavy atom. The van der Waals surface area contributed by atoms with Gasteiger partial charge in [-0.15, -0.1) is 0 Å². The minimum atomic E-state index is -0.476. The molecule has 1 aliphatic rings. The van der Waals surface area contributed by atoms with Gasteiger partial charge < -0.3 is 14.6 Å². The number of carbonyl (C=O) groups excluding carboxylic acids is 1. The van der Waals surface area contributed by atoms with Crippen LogP contribution in [0.5, 0.6) is 0 Å². The normalized spacial score (nSPS) is 21.4. The van der Waals surface area contributed by atoms with E-state index in [2.05, 4.69) is 15.4 Å². The molecular weight excluding hydrogens is 282 g/mol. The number of aromatic nitrogens is 1. The second-order valence-corrected chi connectivity index (χ2v) is 6.95. The molecule has 1 N–H and O–H groups in total. The van der Waals surface area contributed by atoms with E-state index in [1.54, 1.807) is 6.20 Å². The van der Waals surface area contributed by atoms with Crippen LogP contribution < -0.4 is 5.32 Å². The number of nitrogens with one attached hydrogen (secondary N) is 1. The van der Waals surface area contributed by atoms with Crippen LogP contribution in [0.4, 0.5) is 4.79 Å². The number of amides is 1. The molecular formula is C16H27N3O3. The van der Waals surface area contributed by atoms with E-state index in [0.29, 0.717) is 0 Å². The zero-order chi connectivity index (χ0) is 16.2. The van der Waals surface area contributed by atoms with E-state index in [4.69, 9.17) is 9.26 Å². The van der Waals surface area contributed by atoms with Gasteiger partial charge in [0.25, 0.3) is 0 Å². The van der Waals surface area contributed by atoms with Crippen LogP contribution in [0.25, 0.3) is 0 Å². The van der Waals surface area contributed by atoms with Crippen molar-refractivity contribution in [2.45, 2.75) is 71.2 Å². The zero-order valence-corrected chi connectivity index (χ0v) is 14.0. The van der Waals surface area contributed by atoms with E-state index in [0.717, 1.165) is 25.3 Å². The summed E-state index contributed by atoms with van der Waals surface area (Å²) in [6.07, 6.45) is 4.72. The number of likely N-dealkylation sites (tertiary alicyclic amines) is 1. The summed E-state index contributed by atoms with van der Waals surface area (Å²) in [5, 5.41) is 6.72. The molecule has 124 valence electrons. The molecule has 1 fully saturated rings. The van der Waals surface area contributed by atoms with E-state index in [-0.39, 0.29) is 18.2 Å². The molecule has 0 saturated carbocycles. The fourth-order valence-corrected chi connectivity index (χ4v) is 2.89. The minimum absolute atomic E-state index is 0.0260. The predicted octanol–water partition coefficient (Wildman–Crippen LogP) is 2.94. The molecule has 0 spiro atoms. The summed E-state index contributed by atoms with van der Waals surface area (Å²) < 4.78 is 10.6. The monoisotopic (exact) mass is 309 g/mol. The molecule has 1 aromatic heterocycles. The summed E-state index contributed by atoms with van der Waals surface area (Å²) in [7, 11) is 0. The topological polar surface area (TPSA) is 67.6 Å². The zero-order valence-electron chi connectivity index (χ0n) is 14.0. The van der Waals surface area contributed by atoms with E-state index < -0.39 is 5.60 Å². The fraction of sp³-hybridized carbons (Fsp3) is 0.750. The van der Waals surface area contributed by atoms with Crippen molar-refractivity contribution in [1.82, 2.24) is 15.4 Å². The molecule has 0 aliphatic carbocycles. The maximum Gasteiger partial charge on any atom is 0.407 e. The summed E-state index contributed by atoms with van der Waals surface area (Å²) in [5.41, 5.74) is -0.476. The van der Waals surface area contributed by atoms with E-state index in [1.807, 2.05) is 33.8 Å². The Morgan fingerprint density at radius 1 is 1.55 bits per heavy atom. The van der Waals surface area contributed by atoms with Crippen molar-refractivity contribution in [3.8, 4) is 0 Å². The van der Waals surface area contributed by atoms with Gasteiger partial charge in [0.15, 0.2) is 5.76 Å². The molecule has 2 atom stereocenters. The Hall–Kier alpha value is -1.56. The predicted molar refractivity (Wildman–Crippen MR) is 83.4 cm³/mol. The van der Waals surface area contributed by atoms with Crippen LogP contribution in [0.1, 0.15) is 52.7 Å². The second kappa shape index (κ2) is 7.13. The average Bonchev–Trinajstić information content (AvgIpc) is 2.89. The molecule has 1 saturated heterocycles. The van der Waals surface area contributed by atoms with Crippen molar-refractivity contribution in [2.24, 2.45) is 0 Å². The van der Waals surface area contributed by atoms with Crippen molar-refractivity contribution < 1.29 is 14.1 Å². The number of rotatable bonds is 4. The summed E-state index contributed by atoms with van der Waals surface area (Å²) in [4.78, 5) is 14.3. The first-order valence-electron chi connectivity index (χ1n) is 7.98. The highest BCUT2D eigenvalue weighted by Gasteiger charge is 2.30. The van der Waals surface area contributed by atoms with E-state index in [9.17, 15) is 4.79 Å². The van der Waals surface area contributed by atoms with Crippen molar-refractivity contribution in [2.75, 3.05) is 6.54 Å². The lowest BCUT2D eigenvalue weighted by Crippen LogP contribution is -2.52. The highest BCUT2D eigenvalue weighted by Crippen LogP contribution is 2.22. The molecule has 6 nitrogen and oxygen atoms in total. The van der Waals surface area contributed by atoms with Crippen LogP contribution in [0, 0.1) is 0 Å². The number of alkyl carbamates (subject to hydrolysis) is 1. The summed E-state index contributed by atoms with van der Waals surface area (Å²) in [6, 6.07) is 2.20. The van der Waals surface area contributed by atoms with E-state index >= 15 is 0 Å². The first-order valence-corrected chi connectivity index (χ1v) is 7.98. The van der Waals surface area contributed by atoms with Crippen LogP contribution in [-0.4, -0.2) is 40.4 Å². The molecule has 0 aromatic carbocycles. The summed E-state index contributed by atoms with van der Waals surface area (Å²) >= 11 is 0. The maximum absolute atomic E-state index is 12.0. The van der Waals surface area contributed by atoms with Gasteiger partial charge in [-0.2, -0.15) is 0 Å². The number of hydrogen-bond acceptors (Lipinski definition) is 5. The molecule has 0 radical (unpaired) electrons. The highest BCUT2D eigenvalue weighted by atomic mass is 16.6. The Bertz CT molecular complexity index is 467. The molecule has 0 bridgehead atoms. The Labute approximate surface area is 132 Å². The Morgan fingerprint density at radius 3 is 2.95 bits per heavy atom. The summed E-state index contributed by atoms with van der Waals surface area (Å²) in [5.74, 6) is 0.858. The third-order valence-electron chi connectivity index (χ3n) is 3.84. The molecule has 2 rings (SSSR count). The van der Waals surface area contributed by atoms with Crippen LogP contribution in [0.15, 0.2) is 16.8 Å². The quantitative estimate of drug-likeness (QED) is 0.926. The minimum Gasteiger partial charge on any atom is -0.444 e. The number of piperidine rings is 1. The molecule has 2 heterocycles. The van der Waals surface area contributed by atoms with Crippen molar-refractivity contribution in [1.29, 1.82) is 0 Å². The number of hydrogen-bond donors (Lipinski definition) is 1. The smallest absolute Gasteiger partial charge is 0.407 e. The first kappa shape index (κ1) is 16.8. The standard InChI is InChI=1S/C16H27N3O3/c1-12(18-15(20)21-16(2,3)4)14-7-5-6-10-19(14)11-13-8-9-17-22-13/h8-9,12,14H,5-7,10-11H2,1-4H3,(H,18,20)/t12-,14+/m0/s1. The fourth-order valence-electron chi connectivity index (χ4n) is 2.89. The third-order valence-corrected chi connectivity index (χ3v) is 3.84. The van der Waals surface area contributed by atoms with Gasteiger partial charge in [0.05, 0.1) is 12.7 Å². The van der Waals surface area contributed by atoms with Gasteiger partial charge >= 0.3 is 6.09 Å². The van der Waals surface area contributed by atoms with Gasteiger partial charge in [0, 0.05) is 18.2 Å². The van der Waals surface area contributed by atoms with Gasteiger partial charge in [-0.25, -0.2) is 4.79 Å². The largest absolute Gasteiger partial charge is 0.444 e. The van der Waals surface area contributed by atoms with Crippen molar-refractivity contribution >= 4 is 6.09 Å². The van der Waals surface area contributed by atoms with Gasteiger partial charge in [-0.05, 0) is 47.1 Å². The summed E-state index contributed by atoms with van der Waals surface area (Å²) in [6.45, 7) is 9.38. The van der Waals surface area contributed by atoms with Gasteiger partial charge in [0.1, 0.15) is 5.60 Å². The molecule has 6 heteroatoms. The van der Waals surface area contributed by atoms with Gasteiger partial charge in [-0.1, -0.05) is 11.6 Å². The molecule has 1 amide bonds. The van der Waals surface area contributed by atoms with Crippen LogP contribution in [-0.2, 0) is 11.3 Å². The first-order chi connectivity index (χ1) is 10.3. The van der Waals surface area contributed by atoms with Crippen molar-refractivity contribution in [3.63, 3.8) is 0 Å². The van der Waals surface area contributed by atoms with Gasteiger partial charge in [-0.3, -0.25) is 4.90 Å². The Kier molecular flexibility index (Phi) is 5.45. The number of nitrogens with zero attached hydrogens (tertiary/aromatic N) is 2. The maximum atomic E-state index is 12.0. The van der Waals surface area contributed by atoms with Crippen LogP contribution in [0.3, 0.4) is 0 Å². The average molecular weight is 309 g/mol.